The molecule has 27 heavy (non-hydrogen) atoms. The molecule has 0 aliphatic heterocycles. The Labute approximate surface area is 160 Å². The number of fused-ring (bicyclic) bond motifs is 1. The highest BCUT2D eigenvalue weighted by Crippen LogP contribution is 2.23. The van der Waals surface area contributed by atoms with Crippen LogP contribution >= 0.6 is 11.8 Å². The first-order valence-electron chi connectivity index (χ1n) is 8.55. The van der Waals surface area contributed by atoms with Crippen LogP contribution in [0.5, 0.6) is 0 Å². The Balaban J connectivity index is 1.81. The van der Waals surface area contributed by atoms with Gasteiger partial charge in [0.25, 0.3) is 5.78 Å². The lowest BCUT2D eigenvalue weighted by Gasteiger charge is -2.04. The second-order valence-corrected chi connectivity index (χ2v) is 7.16. The second kappa shape index (κ2) is 7.51. The van der Waals surface area contributed by atoms with Crippen molar-refractivity contribution >= 4 is 29.3 Å². The minimum absolute atomic E-state index is 0.120. The van der Waals surface area contributed by atoms with Gasteiger partial charge in [0.15, 0.2) is 10.9 Å². The van der Waals surface area contributed by atoms with Gasteiger partial charge in [-0.1, -0.05) is 11.8 Å². The minimum Gasteiger partial charge on any atom is -0.462 e. The molecule has 3 aromatic heterocycles. The molecule has 0 aliphatic rings. The van der Waals surface area contributed by atoms with Crippen LogP contribution in [0.2, 0.25) is 0 Å². The number of thioether (sulfide) groups is 1. The summed E-state index contributed by atoms with van der Waals surface area (Å²) in [6, 6.07) is 1.94. The van der Waals surface area contributed by atoms with Crippen molar-refractivity contribution in [2.75, 3.05) is 12.4 Å². The van der Waals surface area contributed by atoms with Crippen molar-refractivity contribution in [1.29, 1.82) is 0 Å². The molecule has 0 atom stereocenters. The van der Waals surface area contributed by atoms with Gasteiger partial charge in [-0.2, -0.15) is 0 Å². The smallest absolute Gasteiger partial charge is 0.340 e. The van der Waals surface area contributed by atoms with Gasteiger partial charge in [-0.05, 0) is 46.2 Å². The van der Waals surface area contributed by atoms with Crippen molar-refractivity contribution in [2.24, 2.45) is 0 Å². The van der Waals surface area contributed by atoms with Crippen molar-refractivity contribution in [3.63, 3.8) is 0 Å². The Morgan fingerprint density at radius 2 is 1.96 bits per heavy atom. The van der Waals surface area contributed by atoms with Crippen LogP contribution in [0.15, 0.2) is 11.2 Å². The Hall–Kier alpha value is -2.68. The Morgan fingerprint density at radius 1 is 1.22 bits per heavy atom. The van der Waals surface area contributed by atoms with E-state index < -0.39 is 5.97 Å². The Bertz CT molecular complexity index is 1040. The first-order chi connectivity index (χ1) is 12.8. The fraction of sp³-hybridized carbons (Fsp3) is 0.389. The number of nitrogens with zero attached hydrogens (tertiary/aromatic N) is 4. The number of hydrogen-bond acceptors (Lipinski definition) is 7. The van der Waals surface area contributed by atoms with Crippen molar-refractivity contribution in [2.45, 2.75) is 39.8 Å². The lowest BCUT2D eigenvalue weighted by molar-refractivity contribution is 0.0525. The summed E-state index contributed by atoms with van der Waals surface area (Å²) in [5.41, 5.74) is 3.90. The Kier molecular flexibility index (Phi) is 5.31. The number of aromatic amines is 1. The summed E-state index contributed by atoms with van der Waals surface area (Å²) in [7, 11) is 0. The van der Waals surface area contributed by atoms with Gasteiger partial charge in [0, 0.05) is 17.1 Å². The van der Waals surface area contributed by atoms with Crippen LogP contribution in [0.3, 0.4) is 0 Å². The minimum atomic E-state index is -0.420. The average molecular weight is 387 g/mol. The number of rotatable bonds is 6. The highest BCUT2D eigenvalue weighted by atomic mass is 32.2. The number of carbonyl (C=O) groups excluding carboxylic acids is 2. The monoisotopic (exact) mass is 387 g/mol. The molecule has 0 fully saturated rings. The largest absolute Gasteiger partial charge is 0.462 e. The number of Topliss-reactive ketones (excluding diaryl/α,β-unsaturated/α-hetero) is 1. The highest BCUT2D eigenvalue weighted by molar-refractivity contribution is 7.99. The molecule has 0 bridgehead atoms. The fourth-order valence-electron chi connectivity index (χ4n) is 3.03. The van der Waals surface area contributed by atoms with Crippen LogP contribution in [0.25, 0.3) is 5.78 Å². The van der Waals surface area contributed by atoms with Gasteiger partial charge in [-0.15, -0.1) is 10.2 Å². The number of carbonyl (C=O) groups is 2. The van der Waals surface area contributed by atoms with E-state index in [0.29, 0.717) is 33.4 Å². The van der Waals surface area contributed by atoms with Crippen molar-refractivity contribution < 1.29 is 14.3 Å². The fourth-order valence-corrected chi connectivity index (χ4v) is 3.89. The topological polar surface area (TPSA) is 102 Å². The maximum absolute atomic E-state index is 12.7. The summed E-state index contributed by atoms with van der Waals surface area (Å²) in [5.74, 6) is 0.137. The molecule has 0 aliphatic carbocycles. The number of hydrogen-bond donors (Lipinski definition) is 1. The number of esters is 1. The zero-order valence-electron chi connectivity index (χ0n) is 15.9. The molecule has 0 amide bonds. The Morgan fingerprint density at radius 3 is 2.67 bits per heavy atom. The lowest BCUT2D eigenvalue weighted by atomic mass is 10.1. The predicted molar refractivity (Wildman–Crippen MR) is 102 cm³/mol. The van der Waals surface area contributed by atoms with E-state index in [-0.39, 0.29) is 18.1 Å². The molecule has 3 heterocycles. The lowest BCUT2D eigenvalue weighted by Crippen LogP contribution is -2.08. The standard InChI is InChI=1S/C18H21N5O3S/c1-6-26-16(25)14-11(4)15(20-12(14)5)13(24)8-27-18-22-21-17-19-9(2)7-10(3)23(17)18/h7,20H,6,8H2,1-5H3. The second-order valence-electron chi connectivity index (χ2n) is 6.21. The molecule has 1 N–H and O–H groups in total. The normalized spacial score (nSPS) is 11.1. The van der Waals surface area contributed by atoms with Gasteiger partial charge in [0.1, 0.15) is 0 Å². The van der Waals surface area contributed by atoms with E-state index in [9.17, 15) is 9.59 Å². The van der Waals surface area contributed by atoms with Crippen molar-refractivity contribution in [1.82, 2.24) is 24.6 Å². The highest BCUT2D eigenvalue weighted by Gasteiger charge is 2.23. The summed E-state index contributed by atoms with van der Waals surface area (Å²) >= 11 is 1.29. The molecule has 0 aromatic carbocycles. The predicted octanol–water partition coefficient (Wildman–Crippen LogP) is 2.84. The maximum atomic E-state index is 12.7. The molecule has 0 radical (unpaired) electrons. The first kappa shape index (κ1) is 19.1. The number of nitrogens with one attached hydrogen (secondary N) is 1. The van der Waals surface area contributed by atoms with E-state index in [4.69, 9.17) is 4.74 Å². The summed E-state index contributed by atoms with van der Waals surface area (Å²) in [6.45, 7) is 9.38. The number of aryl methyl sites for hydroxylation is 3. The van der Waals surface area contributed by atoms with Crippen LogP contribution in [-0.2, 0) is 4.74 Å². The van der Waals surface area contributed by atoms with E-state index in [2.05, 4.69) is 20.2 Å². The molecule has 0 saturated carbocycles. The van der Waals surface area contributed by atoms with Gasteiger partial charge < -0.3 is 9.72 Å². The molecule has 0 saturated heterocycles. The van der Waals surface area contributed by atoms with Gasteiger partial charge in [0.05, 0.1) is 23.6 Å². The maximum Gasteiger partial charge on any atom is 0.340 e. The van der Waals surface area contributed by atoms with E-state index >= 15 is 0 Å². The van der Waals surface area contributed by atoms with E-state index in [1.807, 2.05) is 24.3 Å². The third-order valence-electron chi connectivity index (χ3n) is 4.19. The number of aromatic nitrogens is 5. The van der Waals surface area contributed by atoms with Gasteiger partial charge in [-0.3, -0.25) is 9.20 Å². The van der Waals surface area contributed by atoms with E-state index in [0.717, 1.165) is 11.4 Å². The third kappa shape index (κ3) is 3.59. The van der Waals surface area contributed by atoms with Crippen LogP contribution in [-0.4, -0.2) is 48.7 Å². The van der Waals surface area contributed by atoms with Crippen molar-refractivity contribution in [3.8, 4) is 0 Å². The summed E-state index contributed by atoms with van der Waals surface area (Å²) in [4.78, 5) is 32.2. The molecule has 8 nitrogen and oxygen atoms in total. The molecule has 3 rings (SSSR count). The molecule has 3 aromatic rings. The zero-order chi connectivity index (χ0) is 19.7. The zero-order valence-corrected chi connectivity index (χ0v) is 16.7. The molecule has 0 unspecified atom stereocenters. The van der Waals surface area contributed by atoms with Gasteiger partial charge in [0.2, 0.25) is 0 Å². The summed E-state index contributed by atoms with van der Waals surface area (Å²) in [5, 5.41) is 8.82. The summed E-state index contributed by atoms with van der Waals surface area (Å²) in [6.07, 6.45) is 0. The quantitative estimate of drug-likeness (QED) is 0.394. The van der Waals surface area contributed by atoms with Crippen LogP contribution < -0.4 is 0 Å². The van der Waals surface area contributed by atoms with Gasteiger partial charge >= 0.3 is 5.97 Å². The van der Waals surface area contributed by atoms with Crippen LogP contribution in [0.1, 0.15) is 50.4 Å². The molecule has 0 spiro atoms. The average Bonchev–Trinajstić information content (AvgIpc) is 3.13. The van der Waals surface area contributed by atoms with E-state index in [1.54, 1.807) is 20.8 Å². The van der Waals surface area contributed by atoms with Gasteiger partial charge in [-0.25, -0.2) is 9.78 Å². The number of H-pyrrole nitrogens is 1. The SMILES string of the molecule is CCOC(=O)c1c(C)[nH]c(C(=O)CSc2nnc3nc(C)cc(C)n23)c1C. The molecule has 142 valence electrons. The number of ether oxygens (including phenoxy) is 1. The molecular formula is C18H21N5O3S. The van der Waals surface area contributed by atoms with E-state index in [1.165, 1.54) is 11.8 Å². The summed E-state index contributed by atoms with van der Waals surface area (Å²) < 4.78 is 6.89. The van der Waals surface area contributed by atoms with Crippen molar-refractivity contribution in [3.05, 3.63) is 40.0 Å². The van der Waals surface area contributed by atoms with Crippen LogP contribution in [0.4, 0.5) is 0 Å². The van der Waals surface area contributed by atoms with Crippen LogP contribution in [0, 0.1) is 27.7 Å². The molecular weight excluding hydrogens is 366 g/mol. The number of ketones is 1. The third-order valence-corrected chi connectivity index (χ3v) is 5.12. The molecule has 9 heteroatoms. The first-order valence-corrected chi connectivity index (χ1v) is 9.53.